The number of guanidine groups is 1. The summed E-state index contributed by atoms with van der Waals surface area (Å²) in [6, 6.07) is 6.45. The lowest BCUT2D eigenvalue weighted by molar-refractivity contribution is 0.203. The highest BCUT2D eigenvalue weighted by atomic mass is 19.1. The maximum atomic E-state index is 13.1. The normalized spacial score (nSPS) is 11.6. The Bertz CT molecular complexity index is 698. The number of ether oxygens (including phenoxy) is 1. The molecule has 0 aliphatic rings. The summed E-state index contributed by atoms with van der Waals surface area (Å²) in [4.78, 5) is 6.61. The number of aryl methyl sites for hydroxylation is 1. The zero-order chi connectivity index (χ0) is 18.2. The van der Waals surface area contributed by atoms with E-state index in [0.29, 0.717) is 26.2 Å². The first-order valence-electron chi connectivity index (χ1n) is 8.09. The maximum absolute atomic E-state index is 13.1. The largest absolute Gasteiger partial charge is 0.383 e. The Kier molecular flexibility index (Phi) is 6.88. The number of nitrogens with zero attached hydrogens (tertiary/aromatic N) is 5. The lowest BCUT2D eigenvalue weighted by atomic mass is 10.2. The van der Waals surface area contributed by atoms with Gasteiger partial charge in [-0.05, 0) is 24.6 Å². The van der Waals surface area contributed by atoms with Crippen LogP contribution in [0.25, 0.3) is 0 Å². The predicted octanol–water partition coefficient (Wildman–Crippen LogP) is 1.49. The van der Waals surface area contributed by atoms with Crippen LogP contribution in [0.1, 0.15) is 17.2 Å². The Balaban J connectivity index is 2.08. The van der Waals surface area contributed by atoms with Crippen LogP contribution < -0.4 is 5.32 Å². The smallest absolute Gasteiger partial charge is 0.194 e. The third-order valence-corrected chi connectivity index (χ3v) is 3.84. The van der Waals surface area contributed by atoms with Gasteiger partial charge in [-0.15, -0.1) is 10.2 Å². The first-order valence-corrected chi connectivity index (χ1v) is 8.09. The molecule has 0 aliphatic carbocycles. The number of methoxy groups -OCH3 is 1. The molecule has 8 heteroatoms. The number of benzene rings is 1. The summed E-state index contributed by atoms with van der Waals surface area (Å²) in [7, 11) is 5.51. The molecule has 0 spiro atoms. The second-order valence-electron chi connectivity index (χ2n) is 5.76. The molecule has 0 fully saturated rings. The number of hydrogen-bond acceptors (Lipinski definition) is 4. The van der Waals surface area contributed by atoms with Crippen molar-refractivity contribution in [1.29, 1.82) is 0 Å². The number of hydrogen-bond donors (Lipinski definition) is 1. The molecule has 1 N–H and O–H groups in total. The Hall–Kier alpha value is -2.48. The van der Waals surface area contributed by atoms with Gasteiger partial charge >= 0.3 is 0 Å². The third kappa shape index (κ3) is 5.53. The molecule has 0 radical (unpaired) electrons. The lowest BCUT2D eigenvalue weighted by Crippen LogP contribution is -2.40. The molecule has 25 heavy (non-hydrogen) atoms. The van der Waals surface area contributed by atoms with E-state index in [1.807, 2.05) is 30.5 Å². The van der Waals surface area contributed by atoms with Crippen molar-refractivity contribution in [3.63, 3.8) is 0 Å². The quantitative estimate of drug-likeness (QED) is 0.466. The number of aromatic nitrogens is 3. The van der Waals surface area contributed by atoms with Crippen LogP contribution >= 0.6 is 0 Å². The van der Waals surface area contributed by atoms with Crippen molar-refractivity contribution in [2.24, 2.45) is 12.0 Å². The van der Waals surface area contributed by atoms with Gasteiger partial charge in [-0.3, -0.25) is 0 Å². The SMILES string of the molecule is COCCNC(=NCc1nnc(C)n1C)N(C)Cc1ccc(F)cc1. The molecule has 0 unspecified atom stereocenters. The molecule has 0 amide bonds. The van der Waals surface area contributed by atoms with E-state index in [9.17, 15) is 4.39 Å². The molecule has 1 aromatic carbocycles. The van der Waals surface area contributed by atoms with Gasteiger partial charge in [0.25, 0.3) is 0 Å². The van der Waals surface area contributed by atoms with Crippen LogP contribution in [0.5, 0.6) is 0 Å². The molecule has 0 saturated heterocycles. The highest BCUT2D eigenvalue weighted by Crippen LogP contribution is 2.06. The molecule has 136 valence electrons. The Morgan fingerprint density at radius 3 is 2.64 bits per heavy atom. The van der Waals surface area contributed by atoms with Crippen LogP contribution in [0.3, 0.4) is 0 Å². The van der Waals surface area contributed by atoms with Crippen LogP contribution in [0, 0.1) is 12.7 Å². The standard InChI is InChI=1S/C17H25FN6O/c1-13-21-22-16(24(13)3)11-20-17(19-9-10-25-4)23(2)12-14-5-7-15(18)8-6-14/h5-8H,9-12H2,1-4H3,(H,19,20). The Morgan fingerprint density at radius 1 is 1.32 bits per heavy atom. The summed E-state index contributed by atoms with van der Waals surface area (Å²) >= 11 is 0. The fraction of sp³-hybridized carbons (Fsp3) is 0.471. The average Bonchev–Trinajstić information content (AvgIpc) is 2.92. The minimum atomic E-state index is -0.240. The van der Waals surface area contributed by atoms with Crippen molar-refractivity contribution in [2.75, 3.05) is 27.3 Å². The van der Waals surface area contributed by atoms with Crippen molar-refractivity contribution in [1.82, 2.24) is 25.0 Å². The van der Waals surface area contributed by atoms with Gasteiger partial charge in [0.15, 0.2) is 11.8 Å². The first-order chi connectivity index (χ1) is 12.0. The Labute approximate surface area is 147 Å². The van der Waals surface area contributed by atoms with E-state index in [1.165, 1.54) is 12.1 Å². The minimum Gasteiger partial charge on any atom is -0.383 e. The highest BCUT2D eigenvalue weighted by molar-refractivity contribution is 5.79. The van der Waals surface area contributed by atoms with Crippen molar-refractivity contribution >= 4 is 5.96 Å². The molecule has 1 aromatic heterocycles. The van der Waals surface area contributed by atoms with E-state index in [1.54, 1.807) is 19.2 Å². The van der Waals surface area contributed by atoms with E-state index in [2.05, 4.69) is 20.5 Å². The molecule has 7 nitrogen and oxygen atoms in total. The van der Waals surface area contributed by atoms with Crippen molar-refractivity contribution in [3.8, 4) is 0 Å². The Morgan fingerprint density at radius 2 is 2.04 bits per heavy atom. The second-order valence-corrected chi connectivity index (χ2v) is 5.76. The average molecular weight is 348 g/mol. The van der Waals surface area contributed by atoms with Gasteiger partial charge in [0.05, 0.1) is 6.61 Å². The van der Waals surface area contributed by atoms with Crippen LogP contribution in [0.15, 0.2) is 29.3 Å². The zero-order valence-corrected chi connectivity index (χ0v) is 15.2. The zero-order valence-electron chi connectivity index (χ0n) is 15.2. The van der Waals surface area contributed by atoms with Gasteiger partial charge in [-0.2, -0.15) is 0 Å². The van der Waals surface area contributed by atoms with E-state index in [0.717, 1.165) is 23.2 Å². The van der Waals surface area contributed by atoms with Gasteiger partial charge in [0.1, 0.15) is 18.2 Å². The summed E-state index contributed by atoms with van der Waals surface area (Å²) in [5.74, 6) is 2.12. The number of aliphatic imine (C=N–C) groups is 1. The van der Waals surface area contributed by atoms with E-state index >= 15 is 0 Å². The molecular formula is C17H25FN6O. The monoisotopic (exact) mass is 348 g/mol. The maximum Gasteiger partial charge on any atom is 0.194 e. The molecular weight excluding hydrogens is 323 g/mol. The van der Waals surface area contributed by atoms with Crippen LogP contribution in [-0.2, 0) is 24.9 Å². The summed E-state index contributed by atoms with van der Waals surface area (Å²) in [6.45, 7) is 4.14. The summed E-state index contributed by atoms with van der Waals surface area (Å²) < 4.78 is 20.1. The number of rotatable bonds is 7. The minimum absolute atomic E-state index is 0.240. The highest BCUT2D eigenvalue weighted by Gasteiger charge is 2.09. The fourth-order valence-electron chi connectivity index (χ4n) is 2.25. The van der Waals surface area contributed by atoms with Crippen LogP contribution in [0.2, 0.25) is 0 Å². The molecule has 0 bridgehead atoms. The van der Waals surface area contributed by atoms with Crippen LogP contribution in [0.4, 0.5) is 4.39 Å². The first kappa shape index (κ1) is 18.9. The third-order valence-electron chi connectivity index (χ3n) is 3.84. The molecule has 2 aromatic rings. The fourth-order valence-corrected chi connectivity index (χ4v) is 2.25. The summed E-state index contributed by atoms with van der Waals surface area (Å²) in [6.07, 6.45) is 0. The van der Waals surface area contributed by atoms with Gasteiger partial charge < -0.3 is 19.5 Å². The second kappa shape index (κ2) is 9.12. The van der Waals surface area contributed by atoms with Crippen molar-refractivity contribution < 1.29 is 9.13 Å². The molecule has 0 atom stereocenters. The van der Waals surface area contributed by atoms with Crippen molar-refractivity contribution in [2.45, 2.75) is 20.0 Å². The van der Waals surface area contributed by atoms with Gasteiger partial charge in [0, 0.05) is 34.3 Å². The number of halogens is 1. The molecule has 2 rings (SSSR count). The van der Waals surface area contributed by atoms with Crippen molar-refractivity contribution in [3.05, 3.63) is 47.3 Å². The predicted molar refractivity (Wildman–Crippen MR) is 94.6 cm³/mol. The summed E-state index contributed by atoms with van der Waals surface area (Å²) in [5.41, 5.74) is 1.000. The van der Waals surface area contributed by atoms with Crippen LogP contribution in [-0.4, -0.2) is 52.9 Å². The van der Waals surface area contributed by atoms with E-state index in [-0.39, 0.29) is 5.82 Å². The van der Waals surface area contributed by atoms with Gasteiger partial charge in [-0.1, -0.05) is 12.1 Å². The molecule has 0 aliphatic heterocycles. The topological polar surface area (TPSA) is 67.6 Å². The van der Waals surface area contributed by atoms with Gasteiger partial charge in [-0.25, -0.2) is 9.38 Å². The number of nitrogens with one attached hydrogen (secondary N) is 1. The van der Waals surface area contributed by atoms with Gasteiger partial charge in [0.2, 0.25) is 0 Å². The molecule has 1 heterocycles. The molecule has 0 saturated carbocycles. The van der Waals surface area contributed by atoms with E-state index < -0.39 is 0 Å². The lowest BCUT2D eigenvalue weighted by Gasteiger charge is -2.22. The summed E-state index contributed by atoms with van der Waals surface area (Å²) in [5, 5.41) is 11.4. The van der Waals surface area contributed by atoms with E-state index in [4.69, 9.17) is 4.74 Å².